The lowest BCUT2D eigenvalue weighted by atomic mass is 10.0. The summed E-state index contributed by atoms with van der Waals surface area (Å²) < 4.78 is 0. The van der Waals surface area contributed by atoms with Gasteiger partial charge in [0.05, 0.1) is 6.61 Å². The van der Waals surface area contributed by atoms with Gasteiger partial charge in [0.15, 0.2) is 11.7 Å². The number of aliphatic hydroxyl groups is 1. The monoisotopic (exact) mass is 459 g/mol. The molecule has 0 aliphatic heterocycles. The first-order valence-electron chi connectivity index (χ1n) is 13.6. The molecule has 0 spiro atoms. The number of nitrogens with zero attached hydrogens (tertiary/aromatic N) is 1. The van der Waals surface area contributed by atoms with E-state index in [9.17, 15) is 9.90 Å². The van der Waals surface area contributed by atoms with Crippen molar-refractivity contribution in [3.05, 3.63) is 41.7 Å². The summed E-state index contributed by atoms with van der Waals surface area (Å²) in [7, 11) is 0. The van der Waals surface area contributed by atoms with Crippen molar-refractivity contribution in [1.82, 2.24) is 5.06 Å². The van der Waals surface area contributed by atoms with Gasteiger partial charge in [-0.05, 0) is 12.0 Å². The molecule has 4 nitrogen and oxygen atoms in total. The third-order valence-corrected chi connectivity index (χ3v) is 6.23. The van der Waals surface area contributed by atoms with Crippen molar-refractivity contribution in [2.45, 2.75) is 123 Å². The molecule has 33 heavy (non-hydrogen) atoms. The largest absolute Gasteiger partial charge is 0.502 e. The van der Waals surface area contributed by atoms with Crippen molar-refractivity contribution in [2.75, 3.05) is 13.1 Å². The standard InChI is InChI=1S/C29H49NO3/c1-2-3-4-5-6-7-8-9-10-11-12-13-14-15-16-20-24-30(25-23-29(32)26-31)33-27-28-21-18-17-19-22-28/h17-19,21-22,32H,2-16,20,23-25,27H2,1H3. The van der Waals surface area contributed by atoms with Crippen molar-refractivity contribution in [3.63, 3.8) is 0 Å². The molecule has 0 saturated carbocycles. The summed E-state index contributed by atoms with van der Waals surface area (Å²) in [6.07, 6.45) is 22.0. The maximum absolute atomic E-state index is 10.5. The van der Waals surface area contributed by atoms with Gasteiger partial charge in [0.1, 0.15) is 0 Å². The van der Waals surface area contributed by atoms with Crippen molar-refractivity contribution in [3.8, 4) is 0 Å². The molecule has 0 bridgehead atoms. The van der Waals surface area contributed by atoms with Crippen LogP contribution in [0.25, 0.3) is 0 Å². The van der Waals surface area contributed by atoms with Crippen LogP contribution in [-0.4, -0.2) is 29.2 Å². The average Bonchev–Trinajstić information content (AvgIpc) is 2.85. The molecular formula is C29H49NO3. The number of unbranched alkanes of at least 4 members (excludes halogenated alkanes) is 15. The van der Waals surface area contributed by atoms with Gasteiger partial charge in [0.2, 0.25) is 0 Å². The summed E-state index contributed by atoms with van der Waals surface area (Å²) in [4.78, 5) is 16.5. The molecule has 0 aliphatic rings. The minimum atomic E-state index is -0.240. The van der Waals surface area contributed by atoms with E-state index in [4.69, 9.17) is 4.84 Å². The molecule has 188 valence electrons. The Balaban J connectivity index is 2.00. The first kappa shape index (κ1) is 29.4. The maximum Gasteiger partial charge on any atom is 0.178 e. The van der Waals surface area contributed by atoms with Crippen LogP contribution in [0.1, 0.15) is 122 Å². The minimum absolute atomic E-state index is 0.240. The Bertz CT molecular complexity index is 598. The molecule has 0 aliphatic carbocycles. The third-order valence-electron chi connectivity index (χ3n) is 6.23. The lowest BCUT2D eigenvalue weighted by Crippen LogP contribution is -2.26. The number of rotatable bonds is 23. The lowest BCUT2D eigenvalue weighted by Gasteiger charge is -2.21. The first-order chi connectivity index (χ1) is 16.3. The number of benzene rings is 1. The minimum Gasteiger partial charge on any atom is -0.502 e. The third kappa shape index (κ3) is 18.5. The van der Waals surface area contributed by atoms with Crippen molar-refractivity contribution in [2.24, 2.45) is 0 Å². The molecule has 0 aromatic heterocycles. The van der Waals surface area contributed by atoms with Crippen LogP contribution in [0, 0.1) is 0 Å². The molecule has 0 unspecified atom stereocenters. The molecular weight excluding hydrogens is 410 g/mol. The fourth-order valence-electron chi connectivity index (χ4n) is 4.10. The highest BCUT2D eigenvalue weighted by Gasteiger charge is 2.08. The second-order valence-electron chi connectivity index (χ2n) is 9.29. The van der Waals surface area contributed by atoms with Crippen molar-refractivity contribution in [1.29, 1.82) is 0 Å². The van der Waals surface area contributed by atoms with E-state index in [1.165, 1.54) is 96.3 Å². The normalized spacial score (nSPS) is 11.1. The van der Waals surface area contributed by atoms with Crippen molar-refractivity contribution < 1.29 is 14.7 Å². The number of aliphatic hydroxyl groups excluding tert-OH is 1. The molecule has 0 saturated heterocycles. The Morgan fingerprint density at radius 2 is 1.24 bits per heavy atom. The summed E-state index contributed by atoms with van der Waals surface area (Å²) >= 11 is 0. The summed E-state index contributed by atoms with van der Waals surface area (Å²) in [5.74, 6) is 1.32. The predicted molar refractivity (Wildman–Crippen MR) is 139 cm³/mol. The highest BCUT2D eigenvalue weighted by atomic mass is 16.7. The molecule has 0 atom stereocenters. The van der Waals surface area contributed by atoms with E-state index < -0.39 is 0 Å². The summed E-state index contributed by atoms with van der Waals surface area (Å²) in [5, 5.41) is 11.3. The van der Waals surface area contributed by atoms with Gasteiger partial charge in [-0.2, -0.15) is 5.06 Å². The smallest absolute Gasteiger partial charge is 0.178 e. The molecule has 4 heteroatoms. The fourth-order valence-corrected chi connectivity index (χ4v) is 4.10. The van der Waals surface area contributed by atoms with Gasteiger partial charge < -0.3 is 5.11 Å². The number of hydrogen-bond acceptors (Lipinski definition) is 4. The highest BCUT2D eigenvalue weighted by molar-refractivity contribution is 5.48. The fraction of sp³-hybridized carbons (Fsp3) is 0.724. The van der Waals surface area contributed by atoms with Gasteiger partial charge >= 0.3 is 0 Å². The van der Waals surface area contributed by atoms with Crippen LogP contribution >= 0.6 is 0 Å². The van der Waals surface area contributed by atoms with Gasteiger partial charge in [-0.25, -0.2) is 4.79 Å². The van der Waals surface area contributed by atoms with Gasteiger partial charge in [-0.15, -0.1) is 0 Å². The summed E-state index contributed by atoms with van der Waals surface area (Å²) in [6.45, 7) is 4.11. The molecule has 0 fully saturated rings. The van der Waals surface area contributed by atoms with Crippen LogP contribution in [0.3, 0.4) is 0 Å². The molecule has 1 N–H and O–H groups in total. The Kier molecular flexibility index (Phi) is 19.8. The van der Waals surface area contributed by atoms with E-state index in [0.29, 0.717) is 13.2 Å². The molecule has 0 radical (unpaired) electrons. The SMILES string of the molecule is CCCCCCCCCCCCCCCCCCN(CCC(O)=C=O)OCc1ccccc1. The van der Waals surface area contributed by atoms with Gasteiger partial charge in [0, 0.05) is 19.5 Å². The highest BCUT2D eigenvalue weighted by Crippen LogP contribution is 2.14. The van der Waals surface area contributed by atoms with E-state index >= 15 is 0 Å². The van der Waals surface area contributed by atoms with Crippen molar-refractivity contribution >= 4 is 5.94 Å². The quantitative estimate of drug-likeness (QED) is 0.0773. The summed E-state index contributed by atoms with van der Waals surface area (Å²) in [6, 6.07) is 10.1. The molecule has 0 amide bonds. The second kappa shape index (κ2) is 22.2. The van der Waals surface area contributed by atoms with E-state index in [1.807, 2.05) is 35.4 Å². The van der Waals surface area contributed by atoms with Crippen LogP contribution in [0.5, 0.6) is 0 Å². The summed E-state index contributed by atoms with van der Waals surface area (Å²) in [5.41, 5.74) is 1.12. The topological polar surface area (TPSA) is 49.8 Å². The average molecular weight is 460 g/mol. The zero-order valence-corrected chi connectivity index (χ0v) is 21.2. The molecule has 1 aromatic rings. The second-order valence-corrected chi connectivity index (χ2v) is 9.29. The van der Waals surface area contributed by atoms with Gasteiger partial charge in [-0.1, -0.05) is 134 Å². The van der Waals surface area contributed by atoms with Crippen LogP contribution in [0.4, 0.5) is 0 Å². The Morgan fingerprint density at radius 1 is 0.758 bits per heavy atom. The van der Waals surface area contributed by atoms with Gasteiger partial charge in [0.25, 0.3) is 0 Å². The Labute approximate surface area is 203 Å². The molecule has 1 rings (SSSR count). The maximum atomic E-state index is 10.5. The Hall–Kier alpha value is -1.61. The predicted octanol–water partition coefficient (Wildman–Crippen LogP) is 8.35. The van der Waals surface area contributed by atoms with Crippen LogP contribution < -0.4 is 0 Å². The van der Waals surface area contributed by atoms with Crippen LogP contribution in [0.15, 0.2) is 36.1 Å². The first-order valence-corrected chi connectivity index (χ1v) is 13.6. The number of hydrogen-bond donors (Lipinski definition) is 1. The van der Waals surface area contributed by atoms with E-state index in [0.717, 1.165) is 18.5 Å². The van der Waals surface area contributed by atoms with Gasteiger partial charge in [-0.3, -0.25) is 4.84 Å². The number of carbonyl (C=O) groups excluding carboxylic acids is 1. The zero-order chi connectivity index (χ0) is 23.8. The Morgan fingerprint density at radius 3 is 1.73 bits per heavy atom. The molecule has 0 heterocycles. The van der Waals surface area contributed by atoms with E-state index in [2.05, 4.69) is 6.92 Å². The van der Waals surface area contributed by atoms with Crippen LogP contribution in [-0.2, 0) is 16.2 Å². The molecule has 1 aromatic carbocycles. The zero-order valence-electron chi connectivity index (χ0n) is 21.2. The van der Waals surface area contributed by atoms with E-state index in [-0.39, 0.29) is 12.2 Å². The number of hydroxylamine groups is 2. The lowest BCUT2D eigenvalue weighted by molar-refractivity contribution is -0.170. The van der Waals surface area contributed by atoms with E-state index in [1.54, 1.807) is 5.94 Å². The van der Waals surface area contributed by atoms with Crippen LogP contribution in [0.2, 0.25) is 0 Å².